The fourth-order valence-electron chi connectivity index (χ4n) is 6.20. The van der Waals surface area contributed by atoms with Gasteiger partial charge >= 0.3 is 0 Å². The molecule has 2 heterocycles. The predicted molar refractivity (Wildman–Crippen MR) is 137 cm³/mol. The monoisotopic (exact) mass is 468 g/mol. The first-order valence-electron chi connectivity index (χ1n) is 13.6. The molecule has 1 aromatic rings. The van der Waals surface area contributed by atoms with E-state index in [4.69, 9.17) is 0 Å². The maximum absolute atomic E-state index is 13.4. The minimum atomic E-state index is -0.0485. The van der Waals surface area contributed by atoms with E-state index in [-0.39, 0.29) is 17.9 Å². The van der Waals surface area contributed by atoms with Crippen LogP contribution in [0.25, 0.3) is 0 Å². The largest absolute Gasteiger partial charge is 0.355 e. The summed E-state index contributed by atoms with van der Waals surface area (Å²) in [5.41, 5.74) is 1.87. The number of piperazine rings is 1. The van der Waals surface area contributed by atoms with E-state index >= 15 is 0 Å². The zero-order valence-corrected chi connectivity index (χ0v) is 21.3. The number of rotatable bonds is 8. The summed E-state index contributed by atoms with van der Waals surface area (Å²) in [5, 5.41) is 3.29. The maximum Gasteiger partial charge on any atom is 0.253 e. The summed E-state index contributed by atoms with van der Waals surface area (Å²) < 4.78 is 0. The van der Waals surface area contributed by atoms with Crippen LogP contribution < -0.4 is 5.32 Å². The first kappa shape index (κ1) is 25.2. The normalized spacial score (nSPS) is 23.7. The molecule has 34 heavy (non-hydrogen) atoms. The Labute approximate surface area is 206 Å². The second-order valence-corrected chi connectivity index (χ2v) is 10.7. The lowest BCUT2D eigenvalue weighted by Gasteiger charge is -2.41. The summed E-state index contributed by atoms with van der Waals surface area (Å²) in [7, 11) is 0. The van der Waals surface area contributed by atoms with Crippen molar-refractivity contribution in [2.75, 3.05) is 45.8 Å². The molecule has 4 rings (SSSR count). The Morgan fingerprint density at radius 3 is 2.44 bits per heavy atom. The molecule has 3 aliphatic rings. The lowest BCUT2D eigenvalue weighted by Crippen LogP contribution is -2.58. The lowest BCUT2D eigenvalue weighted by molar-refractivity contribution is -0.129. The van der Waals surface area contributed by atoms with Crippen LogP contribution in [0.4, 0.5) is 0 Å². The smallest absolute Gasteiger partial charge is 0.253 e. The van der Waals surface area contributed by atoms with Gasteiger partial charge in [-0.3, -0.25) is 14.5 Å². The molecule has 1 aromatic carbocycles. The van der Waals surface area contributed by atoms with E-state index in [0.717, 1.165) is 56.6 Å². The summed E-state index contributed by atoms with van der Waals surface area (Å²) in [6.07, 6.45) is 9.72. The van der Waals surface area contributed by atoms with E-state index in [0.29, 0.717) is 25.0 Å². The number of aryl methyl sites for hydroxylation is 1. The molecular formula is C28H44N4O2. The molecule has 0 spiro atoms. The quantitative estimate of drug-likeness (QED) is 0.591. The van der Waals surface area contributed by atoms with Crippen molar-refractivity contribution in [2.45, 2.75) is 77.3 Å². The van der Waals surface area contributed by atoms with Crippen molar-refractivity contribution in [3.63, 3.8) is 0 Å². The summed E-state index contributed by atoms with van der Waals surface area (Å²) >= 11 is 0. The first-order chi connectivity index (χ1) is 16.5. The van der Waals surface area contributed by atoms with Gasteiger partial charge in [0.1, 0.15) is 0 Å². The minimum absolute atomic E-state index is 0.0485. The molecule has 2 aliphatic heterocycles. The zero-order chi connectivity index (χ0) is 23.9. The number of carbonyl (C=O) groups excluding carboxylic acids is 2. The van der Waals surface area contributed by atoms with Gasteiger partial charge in [-0.2, -0.15) is 0 Å². The van der Waals surface area contributed by atoms with E-state index in [9.17, 15) is 9.59 Å². The van der Waals surface area contributed by atoms with Crippen LogP contribution in [0.5, 0.6) is 0 Å². The number of nitrogens with one attached hydrogen (secondary N) is 1. The Hall–Kier alpha value is -1.92. The number of carbonyl (C=O) groups is 2. The number of likely N-dealkylation sites (tertiary alicyclic amines) is 1. The Bertz CT molecular complexity index is 814. The van der Waals surface area contributed by atoms with Gasteiger partial charge in [0.25, 0.3) is 5.91 Å². The maximum atomic E-state index is 13.4. The SMILES string of the molecule is Cc1cccc(C(=O)N2CCN([C@H](C(=O)NCCCN3CCCC[C@H]3C)C3CCCC3)CC2)c1. The fraction of sp³-hybridized carbons (Fsp3) is 0.714. The third-order valence-electron chi connectivity index (χ3n) is 8.24. The van der Waals surface area contributed by atoms with E-state index in [1.807, 2.05) is 36.1 Å². The standard InChI is InChI=1S/C28H44N4O2/c1-22-9-7-13-25(21-22)28(34)32-19-17-31(18-20-32)26(24-11-3-4-12-24)27(33)29-14-8-16-30-15-6-5-10-23(30)2/h7,9,13,21,23-24,26H,3-6,8,10-12,14-20H2,1-2H3,(H,29,33)/t23-,26+/m1/s1. The molecule has 0 bridgehead atoms. The summed E-state index contributed by atoms with van der Waals surface area (Å²) in [6, 6.07) is 8.47. The van der Waals surface area contributed by atoms with Crippen LogP contribution in [0.15, 0.2) is 24.3 Å². The van der Waals surface area contributed by atoms with Crippen LogP contribution in [0, 0.1) is 12.8 Å². The Morgan fingerprint density at radius 1 is 1.00 bits per heavy atom. The number of amides is 2. The molecule has 188 valence electrons. The molecule has 0 radical (unpaired) electrons. The van der Waals surface area contributed by atoms with E-state index in [1.54, 1.807) is 0 Å². The van der Waals surface area contributed by atoms with Gasteiger partial charge in [0.15, 0.2) is 0 Å². The second kappa shape index (κ2) is 12.2. The molecular weight excluding hydrogens is 424 g/mol. The average molecular weight is 469 g/mol. The van der Waals surface area contributed by atoms with Crippen LogP contribution in [0.1, 0.15) is 74.2 Å². The van der Waals surface area contributed by atoms with Crippen molar-refractivity contribution in [2.24, 2.45) is 5.92 Å². The molecule has 3 fully saturated rings. The van der Waals surface area contributed by atoms with Gasteiger partial charge in [-0.1, -0.05) is 37.0 Å². The lowest BCUT2D eigenvalue weighted by atomic mass is 9.95. The van der Waals surface area contributed by atoms with Crippen LogP contribution in [0.3, 0.4) is 0 Å². The number of benzene rings is 1. The van der Waals surface area contributed by atoms with Gasteiger partial charge in [-0.25, -0.2) is 0 Å². The summed E-state index contributed by atoms with van der Waals surface area (Å²) in [6.45, 7) is 10.3. The molecule has 2 saturated heterocycles. The highest BCUT2D eigenvalue weighted by atomic mass is 16.2. The van der Waals surface area contributed by atoms with Crippen molar-refractivity contribution in [3.05, 3.63) is 35.4 Å². The van der Waals surface area contributed by atoms with Crippen LogP contribution in [-0.2, 0) is 4.79 Å². The van der Waals surface area contributed by atoms with Crippen molar-refractivity contribution in [1.82, 2.24) is 20.0 Å². The third-order valence-corrected chi connectivity index (χ3v) is 8.24. The van der Waals surface area contributed by atoms with E-state index < -0.39 is 0 Å². The summed E-state index contributed by atoms with van der Waals surface area (Å²) in [4.78, 5) is 33.2. The average Bonchev–Trinajstić information content (AvgIpc) is 3.37. The Balaban J connectivity index is 1.29. The van der Waals surface area contributed by atoms with Crippen molar-refractivity contribution in [1.29, 1.82) is 0 Å². The van der Waals surface area contributed by atoms with Crippen molar-refractivity contribution in [3.8, 4) is 0 Å². The van der Waals surface area contributed by atoms with Gasteiger partial charge in [0.2, 0.25) is 5.91 Å². The molecule has 0 unspecified atom stereocenters. The van der Waals surface area contributed by atoms with Crippen molar-refractivity contribution >= 4 is 11.8 Å². The fourth-order valence-corrected chi connectivity index (χ4v) is 6.20. The molecule has 2 atom stereocenters. The minimum Gasteiger partial charge on any atom is -0.355 e. The van der Waals surface area contributed by atoms with Crippen LogP contribution in [0.2, 0.25) is 0 Å². The Kier molecular flexibility index (Phi) is 9.01. The molecule has 1 aliphatic carbocycles. The second-order valence-electron chi connectivity index (χ2n) is 10.7. The Morgan fingerprint density at radius 2 is 1.74 bits per heavy atom. The topological polar surface area (TPSA) is 55.9 Å². The number of hydrogen-bond acceptors (Lipinski definition) is 4. The number of hydrogen-bond donors (Lipinski definition) is 1. The molecule has 2 amide bonds. The van der Waals surface area contributed by atoms with Crippen LogP contribution in [-0.4, -0.2) is 84.4 Å². The number of piperidine rings is 1. The van der Waals surface area contributed by atoms with Gasteiger partial charge in [0.05, 0.1) is 6.04 Å². The molecule has 1 N–H and O–H groups in total. The zero-order valence-electron chi connectivity index (χ0n) is 21.3. The molecule has 0 aromatic heterocycles. The van der Waals surface area contributed by atoms with Gasteiger partial charge < -0.3 is 15.1 Å². The van der Waals surface area contributed by atoms with Gasteiger partial charge in [0, 0.05) is 50.9 Å². The summed E-state index contributed by atoms with van der Waals surface area (Å²) in [5.74, 6) is 0.760. The van der Waals surface area contributed by atoms with Crippen LogP contribution >= 0.6 is 0 Å². The third kappa shape index (κ3) is 6.39. The highest BCUT2D eigenvalue weighted by molar-refractivity contribution is 5.94. The number of nitrogens with zero attached hydrogens (tertiary/aromatic N) is 3. The van der Waals surface area contributed by atoms with Gasteiger partial charge in [-0.05, 0) is 70.5 Å². The highest BCUT2D eigenvalue weighted by Gasteiger charge is 2.37. The highest BCUT2D eigenvalue weighted by Crippen LogP contribution is 2.31. The molecule has 6 heteroatoms. The molecule has 6 nitrogen and oxygen atoms in total. The molecule has 1 saturated carbocycles. The van der Waals surface area contributed by atoms with E-state index in [1.165, 1.54) is 38.6 Å². The van der Waals surface area contributed by atoms with Crippen molar-refractivity contribution < 1.29 is 9.59 Å². The van der Waals surface area contributed by atoms with E-state index in [2.05, 4.69) is 22.0 Å². The first-order valence-corrected chi connectivity index (χ1v) is 13.6. The predicted octanol–water partition coefficient (Wildman–Crippen LogP) is 3.69. The van der Waals surface area contributed by atoms with Gasteiger partial charge in [-0.15, -0.1) is 0 Å².